The van der Waals surface area contributed by atoms with Gasteiger partial charge in [-0.25, -0.2) is 17.5 Å². The first-order chi connectivity index (χ1) is 8.74. The van der Waals surface area contributed by atoms with Gasteiger partial charge >= 0.3 is 5.97 Å². The highest BCUT2D eigenvalue weighted by Crippen LogP contribution is 2.16. The maximum atomic E-state index is 13.1. The molecule has 1 rings (SSSR count). The van der Waals surface area contributed by atoms with E-state index in [0.29, 0.717) is 5.56 Å². The number of carbonyl (C=O) groups is 1. The van der Waals surface area contributed by atoms with Crippen LogP contribution >= 0.6 is 0 Å². The molecule has 1 unspecified atom stereocenters. The van der Waals surface area contributed by atoms with E-state index in [0.717, 1.165) is 6.07 Å². The molecule has 106 valence electrons. The van der Waals surface area contributed by atoms with Gasteiger partial charge in [-0.05, 0) is 31.0 Å². The Hall–Kier alpha value is -1.47. The van der Waals surface area contributed by atoms with Crippen molar-refractivity contribution in [2.75, 3.05) is 6.54 Å². The highest BCUT2D eigenvalue weighted by Gasteiger charge is 2.18. The van der Waals surface area contributed by atoms with Gasteiger partial charge in [-0.15, -0.1) is 0 Å². The molecular formula is C12H16FNO4S. The van der Waals surface area contributed by atoms with Crippen LogP contribution < -0.4 is 4.72 Å². The minimum Gasteiger partial charge on any atom is -0.481 e. The molecule has 0 aliphatic rings. The molecule has 0 saturated carbocycles. The monoisotopic (exact) mass is 289 g/mol. The van der Waals surface area contributed by atoms with Gasteiger partial charge in [0.15, 0.2) is 0 Å². The molecule has 1 aromatic rings. The Morgan fingerprint density at radius 3 is 2.68 bits per heavy atom. The lowest BCUT2D eigenvalue weighted by Gasteiger charge is -2.10. The van der Waals surface area contributed by atoms with Crippen LogP contribution in [0.4, 0.5) is 4.39 Å². The fourth-order valence-electron chi connectivity index (χ4n) is 1.47. The maximum absolute atomic E-state index is 13.1. The summed E-state index contributed by atoms with van der Waals surface area (Å²) in [6, 6.07) is 3.50. The summed E-state index contributed by atoms with van der Waals surface area (Å²) in [4.78, 5) is 10.5. The van der Waals surface area contributed by atoms with Gasteiger partial charge in [0.2, 0.25) is 10.0 Å². The molecule has 0 bridgehead atoms. The van der Waals surface area contributed by atoms with Crippen LogP contribution in [0.1, 0.15) is 18.9 Å². The normalized spacial score (nSPS) is 13.2. The summed E-state index contributed by atoms with van der Waals surface area (Å²) in [5.41, 5.74) is 0.431. The molecule has 0 saturated heterocycles. The minimum atomic E-state index is -3.82. The summed E-state index contributed by atoms with van der Waals surface area (Å²) in [5, 5.41) is 8.68. The van der Waals surface area contributed by atoms with E-state index in [1.54, 1.807) is 6.92 Å². The third-order valence-electron chi connectivity index (χ3n) is 2.73. The maximum Gasteiger partial charge on any atom is 0.306 e. The second-order valence-electron chi connectivity index (χ2n) is 4.34. The van der Waals surface area contributed by atoms with Crippen molar-refractivity contribution < 1.29 is 22.7 Å². The number of aliphatic carboxylic acids is 1. The molecule has 5 nitrogen and oxygen atoms in total. The summed E-state index contributed by atoms with van der Waals surface area (Å²) in [5.74, 6) is -2.26. The van der Waals surface area contributed by atoms with E-state index in [1.165, 1.54) is 19.1 Å². The first-order valence-corrected chi connectivity index (χ1v) is 7.21. The van der Waals surface area contributed by atoms with E-state index in [-0.39, 0.29) is 17.9 Å². The van der Waals surface area contributed by atoms with Gasteiger partial charge in [0.05, 0.1) is 10.8 Å². The van der Waals surface area contributed by atoms with Crippen molar-refractivity contribution in [2.45, 2.75) is 25.2 Å². The van der Waals surface area contributed by atoms with Gasteiger partial charge in [-0.1, -0.05) is 13.0 Å². The molecule has 0 heterocycles. The lowest BCUT2D eigenvalue weighted by molar-refractivity contribution is -0.141. The molecule has 0 aliphatic heterocycles. The SMILES string of the molecule is Cc1ccc(F)cc1S(=O)(=O)NCCC(C)C(=O)O. The molecule has 0 fully saturated rings. The summed E-state index contributed by atoms with van der Waals surface area (Å²) in [6.45, 7) is 3.05. The predicted octanol–water partition coefficient (Wildman–Crippen LogP) is 1.52. The quantitative estimate of drug-likeness (QED) is 0.831. The van der Waals surface area contributed by atoms with Gasteiger partial charge in [-0.3, -0.25) is 4.79 Å². The van der Waals surface area contributed by atoms with Crippen molar-refractivity contribution in [3.05, 3.63) is 29.6 Å². The van der Waals surface area contributed by atoms with Crippen molar-refractivity contribution >= 4 is 16.0 Å². The van der Waals surface area contributed by atoms with Crippen LogP contribution in [-0.4, -0.2) is 26.0 Å². The van der Waals surface area contributed by atoms with Crippen molar-refractivity contribution in [2.24, 2.45) is 5.92 Å². The van der Waals surface area contributed by atoms with E-state index >= 15 is 0 Å². The minimum absolute atomic E-state index is 0.00818. The Kier molecular flexibility index (Phi) is 5.02. The zero-order chi connectivity index (χ0) is 14.6. The molecule has 0 spiro atoms. The Balaban J connectivity index is 2.76. The van der Waals surface area contributed by atoms with Crippen LogP contribution in [0.5, 0.6) is 0 Å². The summed E-state index contributed by atoms with van der Waals surface area (Å²) in [6.07, 6.45) is 0.170. The highest BCUT2D eigenvalue weighted by molar-refractivity contribution is 7.89. The van der Waals surface area contributed by atoms with Gasteiger partial charge < -0.3 is 5.11 Å². The van der Waals surface area contributed by atoms with Crippen LogP contribution in [0.15, 0.2) is 23.1 Å². The Morgan fingerprint density at radius 2 is 2.11 bits per heavy atom. The lowest BCUT2D eigenvalue weighted by atomic mass is 10.1. The van der Waals surface area contributed by atoms with Crippen molar-refractivity contribution in [3.8, 4) is 0 Å². The zero-order valence-electron chi connectivity index (χ0n) is 10.7. The molecule has 1 atom stereocenters. The Morgan fingerprint density at radius 1 is 1.47 bits per heavy atom. The van der Waals surface area contributed by atoms with E-state index in [1.807, 2.05) is 0 Å². The molecule has 0 aliphatic carbocycles. The standard InChI is InChI=1S/C12H16FNO4S/c1-8-3-4-10(13)7-11(8)19(17,18)14-6-5-9(2)12(15)16/h3-4,7,9,14H,5-6H2,1-2H3,(H,15,16). The Labute approximate surface area is 111 Å². The average Bonchev–Trinajstić information content (AvgIpc) is 2.31. The number of aryl methyl sites for hydroxylation is 1. The predicted molar refractivity (Wildman–Crippen MR) is 67.7 cm³/mol. The van der Waals surface area contributed by atoms with Crippen molar-refractivity contribution in [1.82, 2.24) is 4.72 Å². The summed E-state index contributed by atoms with van der Waals surface area (Å²) in [7, 11) is -3.82. The third kappa shape index (κ3) is 4.29. The molecule has 0 aromatic heterocycles. The van der Waals surface area contributed by atoms with Crippen molar-refractivity contribution in [1.29, 1.82) is 0 Å². The summed E-state index contributed by atoms with van der Waals surface area (Å²) >= 11 is 0. The van der Waals surface area contributed by atoms with Crippen LogP contribution in [0.2, 0.25) is 0 Å². The second-order valence-corrected chi connectivity index (χ2v) is 6.07. The number of nitrogens with one attached hydrogen (secondary N) is 1. The molecule has 19 heavy (non-hydrogen) atoms. The smallest absolute Gasteiger partial charge is 0.306 e. The number of halogens is 1. The molecule has 0 radical (unpaired) electrons. The van der Waals surface area contributed by atoms with Crippen molar-refractivity contribution in [3.63, 3.8) is 0 Å². The number of rotatable bonds is 6. The van der Waals surface area contributed by atoms with Gasteiger partial charge in [-0.2, -0.15) is 0 Å². The number of benzene rings is 1. The molecule has 2 N–H and O–H groups in total. The number of sulfonamides is 1. The van der Waals surface area contributed by atoms with Crippen LogP contribution in [0.25, 0.3) is 0 Å². The number of carboxylic acids is 1. The fraction of sp³-hybridized carbons (Fsp3) is 0.417. The molecule has 1 aromatic carbocycles. The lowest BCUT2D eigenvalue weighted by Crippen LogP contribution is -2.27. The topological polar surface area (TPSA) is 83.5 Å². The van der Waals surface area contributed by atoms with Crippen LogP contribution in [0.3, 0.4) is 0 Å². The van der Waals surface area contributed by atoms with E-state index < -0.39 is 27.7 Å². The Bertz CT molecular complexity index is 571. The van der Waals surface area contributed by atoms with E-state index in [2.05, 4.69) is 4.72 Å². The van der Waals surface area contributed by atoms with Gasteiger partial charge in [0, 0.05) is 6.54 Å². The average molecular weight is 289 g/mol. The zero-order valence-corrected chi connectivity index (χ0v) is 11.5. The number of hydrogen-bond donors (Lipinski definition) is 2. The first kappa shape index (κ1) is 15.6. The molecular weight excluding hydrogens is 273 g/mol. The second kappa shape index (κ2) is 6.12. The van der Waals surface area contributed by atoms with Gasteiger partial charge in [0.1, 0.15) is 5.82 Å². The third-order valence-corrected chi connectivity index (χ3v) is 4.33. The largest absolute Gasteiger partial charge is 0.481 e. The number of hydrogen-bond acceptors (Lipinski definition) is 3. The summed E-state index contributed by atoms with van der Waals surface area (Å²) < 4.78 is 39.2. The fourth-order valence-corrected chi connectivity index (χ4v) is 2.78. The van der Waals surface area contributed by atoms with E-state index in [9.17, 15) is 17.6 Å². The number of carboxylic acid groups (broad SMARTS) is 1. The van der Waals surface area contributed by atoms with Crippen LogP contribution in [0, 0.1) is 18.7 Å². The molecule has 0 amide bonds. The van der Waals surface area contributed by atoms with E-state index in [4.69, 9.17) is 5.11 Å². The van der Waals surface area contributed by atoms with Crippen LogP contribution in [-0.2, 0) is 14.8 Å². The first-order valence-electron chi connectivity index (χ1n) is 5.72. The highest BCUT2D eigenvalue weighted by atomic mass is 32.2. The van der Waals surface area contributed by atoms with Gasteiger partial charge in [0.25, 0.3) is 0 Å². The molecule has 7 heteroatoms.